The second kappa shape index (κ2) is 13.8. The molecule has 15 heteroatoms. The third-order valence-corrected chi connectivity index (χ3v) is 10.9. The summed E-state index contributed by atoms with van der Waals surface area (Å²) >= 11 is 3.51. The summed E-state index contributed by atoms with van der Waals surface area (Å²) in [6.45, 7) is 8.29. The van der Waals surface area contributed by atoms with Crippen molar-refractivity contribution in [3.8, 4) is 17.2 Å². The van der Waals surface area contributed by atoms with Gasteiger partial charge in [0.25, 0.3) is 0 Å². The highest BCUT2D eigenvalue weighted by Crippen LogP contribution is 2.45. The van der Waals surface area contributed by atoms with Crippen LogP contribution in [0.5, 0.6) is 17.2 Å². The Kier molecular flexibility index (Phi) is 9.94. The molecule has 0 unspecified atom stereocenters. The zero-order valence-electron chi connectivity index (χ0n) is 27.1. The van der Waals surface area contributed by atoms with Gasteiger partial charge in [-0.25, -0.2) is 4.98 Å². The first-order valence-corrected chi connectivity index (χ1v) is 18.6. The summed E-state index contributed by atoms with van der Waals surface area (Å²) in [6, 6.07) is 7.26. The Labute approximate surface area is 282 Å². The van der Waals surface area contributed by atoms with Crippen molar-refractivity contribution < 1.29 is 27.4 Å². The Hall–Kier alpha value is -3.06. The Morgan fingerprint density at radius 2 is 1.77 bits per heavy atom. The maximum absolute atomic E-state index is 14.6. The van der Waals surface area contributed by atoms with Crippen molar-refractivity contribution in [2.75, 3.05) is 89.5 Å². The highest BCUT2D eigenvalue weighted by atomic mass is 79.9. The van der Waals surface area contributed by atoms with Crippen LogP contribution in [0.15, 0.2) is 34.9 Å². The van der Waals surface area contributed by atoms with E-state index in [1.165, 1.54) is 13.2 Å². The van der Waals surface area contributed by atoms with Crippen LogP contribution in [0.2, 0.25) is 0 Å². The number of piperidine rings is 1. The van der Waals surface area contributed by atoms with Gasteiger partial charge in [-0.15, -0.1) is 0 Å². The van der Waals surface area contributed by atoms with Crippen LogP contribution < -0.4 is 35.0 Å². The van der Waals surface area contributed by atoms with Crippen LogP contribution >= 0.6 is 23.9 Å². The molecule has 3 aliphatic heterocycles. The number of nitrogens with zero attached hydrogens (tertiary/aromatic N) is 5. The van der Waals surface area contributed by atoms with Crippen molar-refractivity contribution >= 4 is 58.0 Å². The fourth-order valence-corrected chi connectivity index (χ4v) is 7.80. The van der Waals surface area contributed by atoms with Crippen LogP contribution in [-0.2, 0) is 6.18 Å². The van der Waals surface area contributed by atoms with Gasteiger partial charge in [-0.05, 0) is 74.4 Å². The molecule has 10 nitrogen and oxygen atoms in total. The molecule has 0 aliphatic carbocycles. The summed E-state index contributed by atoms with van der Waals surface area (Å²) in [5.41, 5.74) is 0.306. The molecule has 3 aromatic rings. The number of aromatic nitrogens is 2. The highest BCUT2D eigenvalue weighted by molar-refractivity contribution is 9.10. The molecule has 0 radical (unpaired) electrons. The lowest BCUT2D eigenvalue weighted by molar-refractivity contribution is -0.137. The average Bonchev–Trinajstić information content (AvgIpc) is 3.01. The van der Waals surface area contributed by atoms with Gasteiger partial charge in [0.15, 0.2) is 11.5 Å². The van der Waals surface area contributed by atoms with Crippen molar-refractivity contribution in [3.63, 3.8) is 0 Å². The van der Waals surface area contributed by atoms with Crippen molar-refractivity contribution in [2.24, 2.45) is 0 Å². The Morgan fingerprint density at radius 3 is 2.43 bits per heavy atom. The third-order valence-electron chi connectivity index (χ3n) is 8.94. The van der Waals surface area contributed by atoms with Gasteiger partial charge >= 0.3 is 6.18 Å². The largest absolute Gasteiger partial charge is 0.494 e. The summed E-state index contributed by atoms with van der Waals surface area (Å²) in [6.07, 6.45) is -1.41. The first kappa shape index (κ1) is 33.8. The number of methoxy groups -OCH3 is 1. The number of nitrogens with one attached hydrogen (secondary N) is 2. The van der Waals surface area contributed by atoms with Gasteiger partial charge in [0.2, 0.25) is 5.95 Å². The predicted octanol–water partition coefficient (Wildman–Crippen LogP) is 6.11. The summed E-state index contributed by atoms with van der Waals surface area (Å²) in [4.78, 5) is 15.4. The summed E-state index contributed by atoms with van der Waals surface area (Å²) in [5.74, 6) is 2.23. The van der Waals surface area contributed by atoms with Crippen molar-refractivity contribution in [1.82, 2.24) is 19.8 Å². The highest BCUT2D eigenvalue weighted by Gasteiger charge is 2.39. The van der Waals surface area contributed by atoms with Gasteiger partial charge in [-0.3, -0.25) is 4.90 Å². The van der Waals surface area contributed by atoms with E-state index in [0.717, 1.165) is 43.0 Å². The Morgan fingerprint density at radius 1 is 1.04 bits per heavy atom. The van der Waals surface area contributed by atoms with Gasteiger partial charge in [-0.2, -0.15) is 18.2 Å². The van der Waals surface area contributed by atoms with E-state index in [1.54, 1.807) is 6.20 Å². The fourth-order valence-electron chi connectivity index (χ4n) is 6.32. The lowest BCUT2D eigenvalue weighted by atomic mass is 9.96. The van der Waals surface area contributed by atoms with E-state index in [0.29, 0.717) is 60.2 Å². The van der Waals surface area contributed by atoms with E-state index in [-0.39, 0.29) is 23.1 Å². The minimum atomic E-state index is -4.58. The molecular formula is C32H40BrF3N7O3P. The molecule has 4 heterocycles. The van der Waals surface area contributed by atoms with Crippen molar-refractivity contribution in [3.05, 3.63) is 40.5 Å². The number of hydrogen-bond acceptors (Lipinski definition) is 10. The van der Waals surface area contributed by atoms with E-state index in [9.17, 15) is 13.2 Å². The smallest absolute Gasteiger partial charge is 0.418 e. The normalized spacial score (nSPS) is 17.6. The summed E-state index contributed by atoms with van der Waals surface area (Å²) < 4.78 is 61.6. The standard InChI is InChI=1S/C32H40BrF3N7O3P/c1-41(2)20-17-43(18-20)19-8-10-42(11-9-19)25-15-27(44-3)24(14-21(25)32(34,35)36)39-31-37-16-22(33)30(40-31)38-23-6-7-26-28(29(23)47(4)5)46-13-12-45-26/h6-7,14-16,19-20H,8-13,17-18H2,1-5H3,(H2,37,38,39,40). The van der Waals surface area contributed by atoms with Crippen LogP contribution in [0.3, 0.4) is 0 Å². The Bertz CT molecular complexity index is 1600. The topological polar surface area (TPSA) is 87.3 Å². The molecule has 0 bridgehead atoms. The lowest BCUT2D eigenvalue weighted by Gasteiger charge is -2.49. The monoisotopic (exact) mass is 737 g/mol. The van der Waals surface area contributed by atoms with Crippen LogP contribution in [-0.4, -0.2) is 106 Å². The molecule has 3 aliphatic rings. The van der Waals surface area contributed by atoms with Gasteiger partial charge in [-0.1, -0.05) is 7.92 Å². The third kappa shape index (κ3) is 7.21. The molecule has 6 rings (SSSR count). The van der Waals surface area contributed by atoms with Crippen molar-refractivity contribution in [1.29, 1.82) is 0 Å². The predicted molar refractivity (Wildman–Crippen MR) is 184 cm³/mol. The molecule has 254 valence electrons. The minimum absolute atomic E-state index is 0.107. The molecule has 2 fully saturated rings. The quantitative estimate of drug-likeness (QED) is 0.251. The van der Waals surface area contributed by atoms with E-state index in [4.69, 9.17) is 14.2 Å². The number of anilines is 5. The van der Waals surface area contributed by atoms with E-state index >= 15 is 0 Å². The number of benzene rings is 2. The number of halogens is 4. The van der Waals surface area contributed by atoms with Crippen LogP contribution in [0.1, 0.15) is 18.4 Å². The van der Waals surface area contributed by atoms with Gasteiger partial charge in [0, 0.05) is 55.8 Å². The summed E-state index contributed by atoms with van der Waals surface area (Å²) in [7, 11) is 5.01. The zero-order chi connectivity index (χ0) is 33.5. The van der Waals surface area contributed by atoms with Gasteiger partial charge in [0.1, 0.15) is 24.8 Å². The number of likely N-dealkylation sites (tertiary alicyclic amines) is 1. The molecule has 47 heavy (non-hydrogen) atoms. The number of fused-ring (bicyclic) bond motifs is 1. The zero-order valence-corrected chi connectivity index (χ0v) is 29.6. The first-order chi connectivity index (χ1) is 22.4. The molecule has 0 amide bonds. The average molecular weight is 739 g/mol. The Balaban J connectivity index is 1.23. The number of rotatable bonds is 9. The molecule has 0 spiro atoms. The maximum atomic E-state index is 14.6. The van der Waals surface area contributed by atoms with E-state index in [1.807, 2.05) is 17.0 Å². The van der Waals surface area contributed by atoms with Crippen LogP contribution in [0.4, 0.5) is 42.0 Å². The number of alkyl halides is 3. The molecule has 2 saturated heterocycles. The van der Waals surface area contributed by atoms with E-state index < -0.39 is 19.7 Å². The second-order valence-electron chi connectivity index (χ2n) is 12.4. The lowest BCUT2D eigenvalue weighted by Crippen LogP contribution is -2.62. The van der Waals surface area contributed by atoms with Gasteiger partial charge in [0.05, 0.1) is 34.2 Å². The molecule has 0 saturated carbocycles. The molecule has 2 aromatic carbocycles. The summed E-state index contributed by atoms with van der Waals surface area (Å²) in [5, 5.41) is 7.34. The molecule has 1 aromatic heterocycles. The minimum Gasteiger partial charge on any atom is -0.494 e. The number of hydrogen-bond donors (Lipinski definition) is 2. The molecule has 2 N–H and O–H groups in total. The van der Waals surface area contributed by atoms with Crippen LogP contribution in [0, 0.1) is 0 Å². The van der Waals surface area contributed by atoms with Crippen LogP contribution in [0.25, 0.3) is 0 Å². The SMILES string of the molecule is COc1cc(N2CCC(N3CC(N(C)C)C3)CC2)c(C(F)(F)F)cc1Nc1ncc(Br)c(Nc2ccc3c(c2P(C)C)OCCO3)n1. The molecular weight excluding hydrogens is 698 g/mol. The second-order valence-corrected chi connectivity index (χ2v) is 15.5. The number of likely N-dealkylation sites (N-methyl/N-ethyl adjacent to an activating group) is 1. The van der Waals surface area contributed by atoms with Crippen molar-refractivity contribution in [2.45, 2.75) is 31.1 Å². The van der Waals surface area contributed by atoms with Gasteiger partial charge < -0.3 is 34.6 Å². The molecule has 0 atom stereocenters. The fraction of sp³-hybridized carbons (Fsp3) is 0.500. The van der Waals surface area contributed by atoms with E-state index in [2.05, 4.69) is 73.8 Å². The maximum Gasteiger partial charge on any atom is 0.418 e. The number of ether oxygens (including phenoxy) is 3. The first-order valence-electron chi connectivity index (χ1n) is 15.5.